The number of hydrogen-bond donors (Lipinski definition) is 0. The van der Waals surface area contributed by atoms with Crippen LogP contribution in [0.5, 0.6) is 0 Å². The van der Waals surface area contributed by atoms with E-state index in [2.05, 4.69) is 64.3 Å². The maximum absolute atomic E-state index is 8.99. The first-order chi connectivity index (χ1) is 12.7. The van der Waals surface area contributed by atoms with E-state index in [4.69, 9.17) is 5.26 Å². The Kier molecular flexibility index (Phi) is 4.66. The molecule has 0 aliphatic carbocycles. The predicted molar refractivity (Wildman–Crippen MR) is 105 cm³/mol. The highest BCUT2D eigenvalue weighted by atomic mass is 15.2. The number of pyridine rings is 1. The lowest BCUT2D eigenvalue weighted by Crippen LogP contribution is -2.43. The molecule has 1 aliphatic heterocycles. The van der Waals surface area contributed by atoms with Crippen LogP contribution in [0.15, 0.2) is 54.7 Å². The van der Waals surface area contributed by atoms with Crippen LogP contribution in [0.3, 0.4) is 0 Å². The van der Waals surface area contributed by atoms with Gasteiger partial charge in [0.1, 0.15) is 6.07 Å². The van der Waals surface area contributed by atoms with Crippen molar-refractivity contribution in [3.05, 3.63) is 65.9 Å². The summed E-state index contributed by atoms with van der Waals surface area (Å²) in [5.74, 6) is 0. The van der Waals surface area contributed by atoms with Crippen molar-refractivity contribution in [1.82, 2.24) is 14.8 Å². The maximum atomic E-state index is 8.99. The Bertz CT molecular complexity index is 948. The normalized spacial score (nSPS) is 15.8. The first kappa shape index (κ1) is 16.7. The molecule has 1 saturated heterocycles. The molecule has 0 radical (unpaired) electrons. The second-order valence-electron chi connectivity index (χ2n) is 7.02. The number of hydrogen-bond acceptors (Lipinski definition) is 4. The van der Waals surface area contributed by atoms with Crippen LogP contribution >= 0.6 is 0 Å². The van der Waals surface area contributed by atoms with Crippen molar-refractivity contribution in [1.29, 1.82) is 5.26 Å². The SMILES string of the molecule is CN1CCN(Cc2ccc(-c3ccc4cc(C#N)cnc4c3)cc2)CC1. The molecular weight excluding hydrogens is 320 g/mol. The number of nitrogens with zero attached hydrogens (tertiary/aromatic N) is 4. The second-order valence-corrected chi connectivity index (χ2v) is 7.02. The summed E-state index contributed by atoms with van der Waals surface area (Å²) in [6.07, 6.45) is 1.63. The average Bonchev–Trinajstić information content (AvgIpc) is 2.69. The van der Waals surface area contributed by atoms with Gasteiger partial charge in [-0.3, -0.25) is 9.88 Å². The van der Waals surface area contributed by atoms with Crippen molar-refractivity contribution in [2.24, 2.45) is 0 Å². The zero-order chi connectivity index (χ0) is 17.9. The molecule has 0 bridgehead atoms. The fraction of sp³-hybridized carbons (Fsp3) is 0.273. The summed E-state index contributed by atoms with van der Waals surface area (Å²) in [5.41, 5.74) is 5.22. The van der Waals surface area contributed by atoms with Crippen molar-refractivity contribution in [2.75, 3.05) is 33.2 Å². The lowest BCUT2D eigenvalue weighted by molar-refractivity contribution is 0.148. The number of benzene rings is 2. The highest BCUT2D eigenvalue weighted by molar-refractivity contribution is 5.85. The van der Waals surface area contributed by atoms with Crippen molar-refractivity contribution in [3.63, 3.8) is 0 Å². The van der Waals surface area contributed by atoms with E-state index < -0.39 is 0 Å². The number of nitriles is 1. The standard InChI is InChI=1S/C22H22N4/c1-25-8-10-26(11-9-25)16-17-2-4-19(5-3-17)20-6-7-21-12-18(14-23)15-24-22(21)13-20/h2-7,12-13,15H,8-11,16H2,1H3. The van der Waals surface area contributed by atoms with E-state index in [0.29, 0.717) is 5.56 Å². The number of rotatable bonds is 3. The van der Waals surface area contributed by atoms with Gasteiger partial charge in [-0.25, -0.2) is 0 Å². The quantitative estimate of drug-likeness (QED) is 0.730. The van der Waals surface area contributed by atoms with Gasteiger partial charge in [-0.05, 0) is 35.9 Å². The van der Waals surface area contributed by atoms with Crippen LogP contribution in [0.2, 0.25) is 0 Å². The van der Waals surface area contributed by atoms with Gasteiger partial charge in [0.2, 0.25) is 0 Å². The Hall–Kier alpha value is -2.74. The van der Waals surface area contributed by atoms with Crippen LogP contribution in [0.1, 0.15) is 11.1 Å². The van der Waals surface area contributed by atoms with E-state index in [1.54, 1.807) is 6.20 Å². The molecular formula is C22H22N4. The Balaban J connectivity index is 1.51. The van der Waals surface area contributed by atoms with Gasteiger partial charge in [0.05, 0.1) is 11.1 Å². The van der Waals surface area contributed by atoms with E-state index in [1.165, 1.54) is 11.1 Å². The molecule has 4 rings (SSSR count). The zero-order valence-corrected chi connectivity index (χ0v) is 15.0. The van der Waals surface area contributed by atoms with E-state index in [0.717, 1.165) is 49.2 Å². The highest BCUT2D eigenvalue weighted by Crippen LogP contribution is 2.24. The molecule has 26 heavy (non-hydrogen) atoms. The third-order valence-electron chi connectivity index (χ3n) is 5.10. The van der Waals surface area contributed by atoms with Crippen LogP contribution in [0, 0.1) is 11.3 Å². The fourth-order valence-electron chi connectivity index (χ4n) is 3.43. The molecule has 130 valence electrons. The van der Waals surface area contributed by atoms with Crippen molar-refractivity contribution < 1.29 is 0 Å². The summed E-state index contributed by atoms with van der Waals surface area (Å²) in [4.78, 5) is 9.30. The monoisotopic (exact) mass is 342 g/mol. The van der Waals surface area contributed by atoms with E-state index >= 15 is 0 Å². The topological polar surface area (TPSA) is 43.2 Å². The summed E-state index contributed by atoms with van der Waals surface area (Å²) in [5, 5.41) is 9.99. The molecule has 0 atom stereocenters. The minimum atomic E-state index is 0.596. The molecule has 0 spiro atoms. The molecule has 0 unspecified atom stereocenters. The minimum Gasteiger partial charge on any atom is -0.304 e. The van der Waals surface area contributed by atoms with Gasteiger partial charge in [-0.1, -0.05) is 36.4 Å². The van der Waals surface area contributed by atoms with Crippen LogP contribution in [0.4, 0.5) is 0 Å². The van der Waals surface area contributed by atoms with E-state index in [-0.39, 0.29) is 0 Å². The van der Waals surface area contributed by atoms with E-state index in [9.17, 15) is 0 Å². The lowest BCUT2D eigenvalue weighted by atomic mass is 10.0. The maximum Gasteiger partial charge on any atom is 0.101 e. The first-order valence-electron chi connectivity index (χ1n) is 9.01. The molecule has 0 amide bonds. The average molecular weight is 342 g/mol. The van der Waals surface area contributed by atoms with Gasteiger partial charge in [0, 0.05) is 44.3 Å². The molecule has 0 saturated carbocycles. The molecule has 2 aromatic carbocycles. The summed E-state index contributed by atoms with van der Waals surface area (Å²) >= 11 is 0. The number of piperazine rings is 1. The molecule has 3 aromatic rings. The highest BCUT2D eigenvalue weighted by Gasteiger charge is 2.13. The molecule has 1 aliphatic rings. The number of likely N-dealkylation sites (N-methyl/N-ethyl adjacent to an activating group) is 1. The zero-order valence-electron chi connectivity index (χ0n) is 15.0. The second kappa shape index (κ2) is 7.25. The van der Waals surface area contributed by atoms with E-state index in [1.807, 2.05) is 12.1 Å². The Labute approximate surface area is 154 Å². The van der Waals surface area contributed by atoms with Crippen molar-refractivity contribution in [2.45, 2.75) is 6.54 Å². The minimum absolute atomic E-state index is 0.596. The van der Waals surface area contributed by atoms with Crippen LogP contribution < -0.4 is 0 Å². The summed E-state index contributed by atoms with van der Waals surface area (Å²) in [6.45, 7) is 5.59. The first-order valence-corrected chi connectivity index (χ1v) is 9.01. The number of aromatic nitrogens is 1. The van der Waals surface area contributed by atoms with Crippen molar-refractivity contribution in [3.8, 4) is 17.2 Å². The lowest BCUT2D eigenvalue weighted by Gasteiger charge is -2.32. The summed E-state index contributed by atoms with van der Waals surface area (Å²) < 4.78 is 0. The van der Waals surface area contributed by atoms with Gasteiger partial charge in [0.25, 0.3) is 0 Å². The third-order valence-corrected chi connectivity index (χ3v) is 5.10. The van der Waals surface area contributed by atoms with Gasteiger partial charge in [-0.2, -0.15) is 5.26 Å². The Morgan fingerprint density at radius 3 is 2.42 bits per heavy atom. The Morgan fingerprint density at radius 2 is 1.69 bits per heavy atom. The fourth-order valence-corrected chi connectivity index (χ4v) is 3.43. The summed E-state index contributed by atoms with van der Waals surface area (Å²) in [7, 11) is 2.19. The Morgan fingerprint density at radius 1 is 0.962 bits per heavy atom. The molecule has 4 heteroatoms. The molecule has 4 nitrogen and oxygen atoms in total. The van der Waals surface area contributed by atoms with Gasteiger partial charge < -0.3 is 4.90 Å². The van der Waals surface area contributed by atoms with Gasteiger partial charge in [0.15, 0.2) is 0 Å². The molecule has 0 N–H and O–H groups in total. The van der Waals surface area contributed by atoms with Crippen LogP contribution in [0.25, 0.3) is 22.0 Å². The van der Waals surface area contributed by atoms with Gasteiger partial charge >= 0.3 is 0 Å². The van der Waals surface area contributed by atoms with Crippen LogP contribution in [-0.2, 0) is 6.54 Å². The third kappa shape index (κ3) is 3.60. The van der Waals surface area contributed by atoms with Gasteiger partial charge in [-0.15, -0.1) is 0 Å². The molecule has 1 fully saturated rings. The van der Waals surface area contributed by atoms with Crippen molar-refractivity contribution >= 4 is 10.9 Å². The number of fused-ring (bicyclic) bond motifs is 1. The molecule has 1 aromatic heterocycles. The largest absolute Gasteiger partial charge is 0.304 e. The predicted octanol–water partition coefficient (Wildman–Crippen LogP) is 3.52. The van der Waals surface area contributed by atoms with Crippen LogP contribution in [-0.4, -0.2) is 48.0 Å². The molecule has 2 heterocycles. The smallest absolute Gasteiger partial charge is 0.101 e. The summed E-state index contributed by atoms with van der Waals surface area (Å²) in [6, 6.07) is 19.1.